The normalized spacial score (nSPS) is 15.8. The number of nitrogens with one attached hydrogen (secondary N) is 1. The van der Waals surface area contributed by atoms with E-state index in [1.807, 2.05) is 32.9 Å². The molecule has 0 saturated carbocycles. The van der Waals surface area contributed by atoms with Gasteiger partial charge in [-0.25, -0.2) is 8.42 Å². The minimum atomic E-state index is -3.79. The van der Waals surface area contributed by atoms with E-state index in [0.717, 1.165) is 5.56 Å². The van der Waals surface area contributed by atoms with Gasteiger partial charge in [0.2, 0.25) is 5.91 Å². The topological polar surface area (TPSA) is 75.7 Å². The van der Waals surface area contributed by atoms with Crippen molar-refractivity contribution >= 4 is 27.3 Å². The minimum Gasteiger partial charge on any atom is -0.484 e. The number of hydrogen-bond donors (Lipinski definition) is 1. The summed E-state index contributed by atoms with van der Waals surface area (Å²) < 4.78 is 34.1. The predicted molar refractivity (Wildman–Crippen MR) is 101 cm³/mol. The van der Waals surface area contributed by atoms with Crippen LogP contribution in [-0.2, 0) is 14.8 Å². The fraction of sp³-hybridized carbons (Fsp3) is 0.316. The Kier molecular flexibility index (Phi) is 4.44. The van der Waals surface area contributed by atoms with Crippen LogP contribution in [0.5, 0.6) is 5.75 Å². The van der Waals surface area contributed by atoms with E-state index in [0.29, 0.717) is 23.7 Å². The lowest BCUT2D eigenvalue weighted by atomic mass is 10.1. The van der Waals surface area contributed by atoms with E-state index in [1.54, 1.807) is 23.1 Å². The second-order valence-corrected chi connectivity index (χ2v) is 8.70. The molecule has 26 heavy (non-hydrogen) atoms. The van der Waals surface area contributed by atoms with Crippen LogP contribution < -0.4 is 14.4 Å². The Labute approximate surface area is 153 Å². The molecule has 2 aromatic carbocycles. The van der Waals surface area contributed by atoms with Crippen LogP contribution in [-0.4, -0.2) is 26.5 Å². The maximum atomic E-state index is 12.8. The molecule has 1 aliphatic heterocycles. The third-order valence-corrected chi connectivity index (χ3v) is 5.59. The number of benzene rings is 2. The molecule has 0 atom stereocenters. The first kappa shape index (κ1) is 18.3. The second-order valence-electron chi connectivity index (χ2n) is 7.02. The Morgan fingerprint density at radius 3 is 2.54 bits per heavy atom. The lowest BCUT2D eigenvalue weighted by Gasteiger charge is -2.39. The van der Waals surface area contributed by atoms with Crippen molar-refractivity contribution in [2.75, 3.05) is 16.2 Å². The molecule has 138 valence electrons. The molecule has 0 fully saturated rings. The van der Waals surface area contributed by atoms with E-state index in [-0.39, 0.29) is 10.8 Å². The molecule has 0 radical (unpaired) electrons. The SMILES string of the molecule is CC(=O)N1CC(C)(C)Oc2ccc(S(=O)(=O)Nc3ccccc3C)cc21. The number of para-hydroxylation sites is 1. The minimum absolute atomic E-state index is 0.0778. The van der Waals surface area contributed by atoms with Gasteiger partial charge in [0, 0.05) is 6.92 Å². The van der Waals surface area contributed by atoms with Gasteiger partial charge in [0.25, 0.3) is 10.0 Å². The molecule has 0 bridgehead atoms. The summed E-state index contributed by atoms with van der Waals surface area (Å²) in [5, 5.41) is 0. The van der Waals surface area contributed by atoms with Gasteiger partial charge in [-0.05, 0) is 50.6 Å². The number of aryl methyl sites for hydroxylation is 1. The molecule has 0 spiro atoms. The average molecular weight is 374 g/mol. The van der Waals surface area contributed by atoms with Crippen LogP contribution in [0.3, 0.4) is 0 Å². The zero-order valence-electron chi connectivity index (χ0n) is 15.2. The highest BCUT2D eigenvalue weighted by molar-refractivity contribution is 7.92. The van der Waals surface area contributed by atoms with Gasteiger partial charge >= 0.3 is 0 Å². The summed E-state index contributed by atoms with van der Waals surface area (Å²) in [4.78, 5) is 13.7. The molecule has 0 unspecified atom stereocenters. The van der Waals surface area contributed by atoms with Crippen LogP contribution >= 0.6 is 0 Å². The summed E-state index contributed by atoms with van der Waals surface area (Å²) >= 11 is 0. The number of anilines is 2. The Bertz CT molecular complexity index is 967. The Balaban J connectivity index is 2.01. The molecule has 1 amide bonds. The lowest BCUT2D eigenvalue weighted by molar-refractivity contribution is -0.117. The standard InChI is InChI=1S/C19H22N2O4S/c1-13-7-5-6-8-16(13)20-26(23,24)15-9-10-18-17(11-15)21(14(2)22)12-19(3,4)25-18/h5-11,20H,12H2,1-4H3. The Morgan fingerprint density at radius 1 is 1.19 bits per heavy atom. The number of nitrogens with zero attached hydrogens (tertiary/aromatic N) is 1. The number of carbonyl (C=O) groups is 1. The fourth-order valence-corrected chi connectivity index (χ4v) is 4.08. The smallest absolute Gasteiger partial charge is 0.261 e. The fourth-order valence-electron chi connectivity index (χ4n) is 2.93. The highest BCUT2D eigenvalue weighted by Gasteiger charge is 2.34. The average Bonchev–Trinajstić information content (AvgIpc) is 2.54. The number of amides is 1. The van der Waals surface area contributed by atoms with E-state index in [4.69, 9.17) is 4.74 Å². The van der Waals surface area contributed by atoms with Gasteiger partial charge in [-0.2, -0.15) is 0 Å². The summed E-state index contributed by atoms with van der Waals surface area (Å²) in [5.41, 5.74) is 1.26. The van der Waals surface area contributed by atoms with Gasteiger partial charge in [0.1, 0.15) is 11.4 Å². The molecule has 2 aromatic rings. The molecule has 1 heterocycles. The maximum Gasteiger partial charge on any atom is 0.261 e. The van der Waals surface area contributed by atoms with Crippen LogP contribution in [0, 0.1) is 6.92 Å². The molecule has 0 aliphatic carbocycles. The van der Waals surface area contributed by atoms with Crippen LogP contribution in [0.1, 0.15) is 26.3 Å². The number of rotatable bonds is 3. The van der Waals surface area contributed by atoms with E-state index in [2.05, 4.69) is 4.72 Å². The maximum absolute atomic E-state index is 12.8. The highest BCUT2D eigenvalue weighted by atomic mass is 32.2. The monoisotopic (exact) mass is 374 g/mol. The van der Waals surface area contributed by atoms with Crippen LogP contribution in [0.15, 0.2) is 47.4 Å². The van der Waals surface area contributed by atoms with Gasteiger partial charge < -0.3 is 9.64 Å². The summed E-state index contributed by atoms with van der Waals surface area (Å²) in [7, 11) is -3.79. The number of ether oxygens (including phenoxy) is 1. The van der Waals surface area contributed by atoms with Crippen molar-refractivity contribution in [3.8, 4) is 5.75 Å². The molecule has 6 nitrogen and oxygen atoms in total. The first-order valence-corrected chi connectivity index (χ1v) is 9.77. The molecule has 1 N–H and O–H groups in total. The summed E-state index contributed by atoms with van der Waals surface area (Å²) in [6, 6.07) is 11.7. The molecule has 3 rings (SSSR count). The first-order valence-electron chi connectivity index (χ1n) is 8.29. The number of hydrogen-bond acceptors (Lipinski definition) is 4. The molecular formula is C19H22N2O4S. The van der Waals surface area contributed by atoms with Gasteiger partial charge in [-0.15, -0.1) is 0 Å². The summed E-state index contributed by atoms with van der Waals surface area (Å²) in [6.07, 6.45) is 0. The van der Waals surface area contributed by atoms with E-state index in [1.165, 1.54) is 19.1 Å². The quantitative estimate of drug-likeness (QED) is 0.894. The number of sulfonamides is 1. The molecule has 1 aliphatic rings. The van der Waals surface area contributed by atoms with Crippen molar-refractivity contribution in [2.45, 2.75) is 38.2 Å². The van der Waals surface area contributed by atoms with Crippen molar-refractivity contribution < 1.29 is 17.9 Å². The summed E-state index contributed by atoms with van der Waals surface area (Å²) in [5.74, 6) is 0.329. The molecule has 0 aromatic heterocycles. The van der Waals surface area contributed by atoms with Gasteiger partial charge in [0.05, 0.1) is 22.8 Å². The third kappa shape index (κ3) is 3.53. The summed E-state index contributed by atoms with van der Waals surface area (Å²) in [6.45, 7) is 7.41. The van der Waals surface area contributed by atoms with Crippen molar-refractivity contribution in [1.29, 1.82) is 0 Å². The Morgan fingerprint density at radius 2 is 1.88 bits per heavy atom. The van der Waals surface area contributed by atoms with Gasteiger partial charge in [-0.1, -0.05) is 18.2 Å². The van der Waals surface area contributed by atoms with Crippen LogP contribution in [0.25, 0.3) is 0 Å². The largest absolute Gasteiger partial charge is 0.484 e. The van der Waals surface area contributed by atoms with Crippen LogP contribution in [0.4, 0.5) is 11.4 Å². The van der Waals surface area contributed by atoms with E-state index in [9.17, 15) is 13.2 Å². The van der Waals surface area contributed by atoms with Crippen molar-refractivity contribution in [2.24, 2.45) is 0 Å². The van der Waals surface area contributed by atoms with Gasteiger partial charge in [0.15, 0.2) is 0 Å². The van der Waals surface area contributed by atoms with E-state index >= 15 is 0 Å². The number of fused-ring (bicyclic) bond motifs is 1. The van der Waals surface area contributed by atoms with Crippen molar-refractivity contribution in [1.82, 2.24) is 0 Å². The molecule has 0 saturated heterocycles. The number of carbonyl (C=O) groups excluding carboxylic acids is 1. The van der Waals surface area contributed by atoms with Crippen LogP contribution in [0.2, 0.25) is 0 Å². The lowest BCUT2D eigenvalue weighted by Crippen LogP contribution is -2.48. The zero-order chi connectivity index (χ0) is 19.1. The Hall–Kier alpha value is -2.54. The molecule has 7 heteroatoms. The van der Waals surface area contributed by atoms with Gasteiger partial charge in [-0.3, -0.25) is 9.52 Å². The first-order chi connectivity index (χ1) is 12.1. The zero-order valence-corrected chi connectivity index (χ0v) is 16.1. The van der Waals surface area contributed by atoms with Crippen molar-refractivity contribution in [3.05, 3.63) is 48.0 Å². The third-order valence-electron chi connectivity index (χ3n) is 4.23. The highest BCUT2D eigenvalue weighted by Crippen LogP contribution is 2.38. The molecular weight excluding hydrogens is 352 g/mol. The predicted octanol–water partition coefficient (Wildman–Crippen LogP) is 3.32. The second kappa shape index (κ2) is 6.32. The van der Waals surface area contributed by atoms with E-state index < -0.39 is 15.6 Å². The van der Waals surface area contributed by atoms with Crippen molar-refractivity contribution in [3.63, 3.8) is 0 Å².